The van der Waals surface area contributed by atoms with E-state index in [1.807, 2.05) is 35.4 Å². The lowest BCUT2D eigenvalue weighted by Gasteiger charge is -2.47. The summed E-state index contributed by atoms with van der Waals surface area (Å²) in [6, 6.07) is 6.38. The van der Waals surface area contributed by atoms with Gasteiger partial charge in [-0.25, -0.2) is 4.98 Å². The van der Waals surface area contributed by atoms with Crippen molar-refractivity contribution >= 4 is 34.6 Å². The minimum Gasteiger partial charge on any atom is -0.368 e. The molecule has 1 saturated heterocycles. The molecule has 3 aliphatic rings. The molecule has 0 aromatic carbocycles. The van der Waals surface area contributed by atoms with Crippen LogP contribution in [0.3, 0.4) is 0 Å². The summed E-state index contributed by atoms with van der Waals surface area (Å²) in [6.45, 7) is 3.42. The Bertz CT molecular complexity index is 948. The van der Waals surface area contributed by atoms with Gasteiger partial charge in [0.2, 0.25) is 0 Å². The van der Waals surface area contributed by atoms with Crippen LogP contribution in [0.4, 0.5) is 11.5 Å². The molecule has 4 heterocycles. The van der Waals surface area contributed by atoms with Crippen LogP contribution >= 0.6 is 11.3 Å². The largest absolute Gasteiger partial charge is 0.368 e. The molecule has 2 N–H and O–H groups in total. The fourth-order valence-corrected chi connectivity index (χ4v) is 5.68. The number of nitrogens with one attached hydrogen (secondary N) is 2. The van der Waals surface area contributed by atoms with Crippen LogP contribution in [0, 0.1) is 6.92 Å². The van der Waals surface area contributed by atoms with Gasteiger partial charge in [-0.05, 0) is 61.7 Å². The van der Waals surface area contributed by atoms with Crippen LogP contribution < -0.4 is 10.6 Å². The third-order valence-electron chi connectivity index (χ3n) is 6.34. The number of piperidine rings is 1. The van der Waals surface area contributed by atoms with Gasteiger partial charge in [-0.15, -0.1) is 11.3 Å². The fraction of sp³-hybridized carbons (Fsp3) is 0.500. The first-order chi connectivity index (χ1) is 14.1. The standard InChI is InChI=1S/C22H27N5OS/c1-15-9-13-29-18(15)20(28)27-12-5-10-22(14-27)21(24-16-6-2-3-7-16)25-19-17(26-22)8-4-11-23-19/h4,8-9,11,13,16,26H,2-3,5-7,10,12,14H2,1H3,(H,23,24,25). The molecule has 1 atom stereocenters. The average molecular weight is 410 g/mol. The van der Waals surface area contributed by atoms with E-state index in [4.69, 9.17) is 4.99 Å². The highest BCUT2D eigenvalue weighted by Crippen LogP contribution is 2.37. The van der Waals surface area contributed by atoms with E-state index in [9.17, 15) is 4.79 Å². The Morgan fingerprint density at radius 3 is 2.97 bits per heavy atom. The van der Waals surface area contributed by atoms with Crippen molar-refractivity contribution in [1.29, 1.82) is 0 Å². The van der Waals surface area contributed by atoms with Crippen molar-refractivity contribution in [3.8, 4) is 0 Å². The number of carbonyl (C=O) groups is 1. The molecule has 2 aliphatic heterocycles. The molecular formula is C22H27N5OS. The number of amidine groups is 1. The summed E-state index contributed by atoms with van der Waals surface area (Å²) in [5.41, 5.74) is 1.67. The summed E-state index contributed by atoms with van der Waals surface area (Å²) in [5, 5.41) is 9.26. The van der Waals surface area contributed by atoms with E-state index in [-0.39, 0.29) is 11.4 Å². The molecule has 1 amide bonds. The molecule has 2 fully saturated rings. The van der Waals surface area contributed by atoms with Crippen LogP contribution in [0.25, 0.3) is 0 Å². The molecular weight excluding hydrogens is 382 g/mol. The van der Waals surface area contributed by atoms with Gasteiger partial charge in [0, 0.05) is 12.7 Å². The SMILES string of the molecule is Cc1ccsc1C(=O)N1CCCC2(C1)Nc1cccnc1NC2=NC1CCCC1. The zero-order valence-corrected chi connectivity index (χ0v) is 17.6. The molecule has 2 aromatic rings. The Morgan fingerprint density at radius 2 is 2.17 bits per heavy atom. The van der Waals surface area contributed by atoms with E-state index in [0.717, 1.165) is 60.0 Å². The number of anilines is 2. The third-order valence-corrected chi connectivity index (χ3v) is 7.35. The third kappa shape index (κ3) is 3.41. The molecule has 152 valence electrons. The van der Waals surface area contributed by atoms with Crippen molar-refractivity contribution in [3.63, 3.8) is 0 Å². The van der Waals surface area contributed by atoms with Gasteiger partial charge < -0.3 is 15.5 Å². The number of amides is 1. The lowest BCUT2D eigenvalue weighted by Crippen LogP contribution is -2.62. The second-order valence-electron chi connectivity index (χ2n) is 8.41. The van der Waals surface area contributed by atoms with Crippen LogP contribution in [0.2, 0.25) is 0 Å². The van der Waals surface area contributed by atoms with Gasteiger partial charge in [-0.2, -0.15) is 0 Å². The van der Waals surface area contributed by atoms with Gasteiger partial charge in [0.05, 0.1) is 23.2 Å². The summed E-state index contributed by atoms with van der Waals surface area (Å²) in [6.07, 6.45) is 8.49. The monoisotopic (exact) mass is 409 g/mol. The van der Waals surface area contributed by atoms with Crippen LogP contribution in [0.5, 0.6) is 0 Å². The maximum atomic E-state index is 13.2. The van der Waals surface area contributed by atoms with Crippen LogP contribution in [-0.2, 0) is 0 Å². The molecule has 29 heavy (non-hydrogen) atoms. The number of hydrogen-bond acceptors (Lipinski definition) is 5. The summed E-state index contributed by atoms with van der Waals surface area (Å²) in [7, 11) is 0. The number of pyridine rings is 1. The first-order valence-corrected chi connectivity index (χ1v) is 11.4. The van der Waals surface area contributed by atoms with Gasteiger partial charge in [0.15, 0.2) is 5.82 Å². The molecule has 1 unspecified atom stereocenters. The average Bonchev–Trinajstić information content (AvgIpc) is 3.40. The van der Waals surface area contributed by atoms with Crippen LogP contribution in [0.15, 0.2) is 34.8 Å². The molecule has 0 radical (unpaired) electrons. The number of fused-ring (bicyclic) bond motifs is 1. The van der Waals surface area contributed by atoms with Crippen molar-refractivity contribution in [3.05, 3.63) is 40.2 Å². The van der Waals surface area contributed by atoms with Crippen molar-refractivity contribution in [2.75, 3.05) is 23.7 Å². The van der Waals surface area contributed by atoms with E-state index < -0.39 is 0 Å². The Labute approximate surface area is 175 Å². The maximum Gasteiger partial charge on any atom is 0.264 e. The summed E-state index contributed by atoms with van der Waals surface area (Å²) in [5.74, 6) is 1.92. The first kappa shape index (κ1) is 18.6. The minimum absolute atomic E-state index is 0.135. The van der Waals surface area contributed by atoms with E-state index in [2.05, 4.69) is 15.6 Å². The summed E-state index contributed by atoms with van der Waals surface area (Å²) in [4.78, 5) is 25.7. The second-order valence-corrected chi connectivity index (χ2v) is 9.33. The number of carbonyl (C=O) groups excluding carboxylic acids is 1. The lowest BCUT2D eigenvalue weighted by molar-refractivity contribution is 0.0698. The first-order valence-electron chi connectivity index (χ1n) is 10.6. The molecule has 1 aliphatic carbocycles. The van der Waals surface area contributed by atoms with E-state index >= 15 is 0 Å². The highest BCUT2D eigenvalue weighted by molar-refractivity contribution is 7.12. The van der Waals surface area contributed by atoms with Crippen molar-refractivity contribution in [2.45, 2.75) is 57.0 Å². The number of thiophene rings is 1. The van der Waals surface area contributed by atoms with Gasteiger partial charge in [0.25, 0.3) is 5.91 Å². The summed E-state index contributed by atoms with van der Waals surface area (Å²) < 4.78 is 0. The van der Waals surface area contributed by atoms with E-state index in [1.54, 1.807) is 6.20 Å². The quantitative estimate of drug-likeness (QED) is 0.776. The summed E-state index contributed by atoms with van der Waals surface area (Å²) >= 11 is 1.53. The predicted octanol–water partition coefficient (Wildman–Crippen LogP) is 4.31. The van der Waals surface area contributed by atoms with Crippen LogP contribution in [0.1, 0.15) is 53.8 Å². The Kier molecular flexibility index (Phi) is 4.78. The van der Waals surface area contributed by atoms with Crippen molar-refractivity contribution < 1.29 is 4.79 Å². The van der Waals surface area contributed by atoms with E-state index in [0.29, 0.717) is 12.6 Å². The molecule has 6 nitrogen and oxygen atoms in total. The molecule has 7 heteroatoms. The molecule has 1 saturated carbocycles. The Hall–Kier alpha value is -2.41. The number of aromatic nitrogens is 1. The topological polar surface area (TPSA) is 69.6 Å². The second kappa shape index (κ2) is 7.44. The smallest absolute Gasteiger partial charge is 0.264 e. The number of likely N-dealkylation sites (tertiary alicyclic amines) is 1. The minimum atomic E-state index is -0.377. The van der Waals surface area contributed by atoms with Crippen molar-refractivity contribution in [2.24, 2.45) is 4.99 Å². The molecule has 0 bridgehead atoms. The number of nitrogens with zero attached hydrogens (tertiary/aromatic N) is 3. The van der Waals surface area contributed by atoms with Gasteiger partial charge in [-0.1, -0.05) is 12.8 Å². The number of aliphatic imine (C=N–C) groups is 1. The highest BCUT2D eigenvalue weighted by Gasteiger charge is 2.45. The zero-order valence-electron chi connectivity index (χ0n) is 16.8. The van der Waals surface area contributed by atoms with Gasteiger partial charge in [0.1, 0.15) is 11.4 Å². The number of hydrogen-bond donors (Lipinski definition) is 2. The predicted molar refractivity (Wildman–Crippen MR) is 118 cm³/mol. The molecule has 5 rings (SSSR count). The normalized spacial score (nSPS) is 25.7. The molecule has 2 aromatic heterocycles. The lowest BCUT2D eigenvalue weighted by atomic mass is 9.85. The number of aryl methyl sites for hydroxylation is 1. The fourth-order valence-electron chi connectivity index (χ4n) is 4.79. The Balaban J connectivity index is 1.49. The van der Waals surface area contributed by atoms with E-state index in [1.165, 1.54) is 24.2 Å². The van der Waals surface area contributed by atoms with Gasteiger partial charge in [-0.3, -0.25) is 9.79 Å². The number of rotatable bonds is 2. The molecule has 1 spiro atoms. The van der Waals surface area contributed by atoms with Crippen LogP contribution in [-0.4, -0.2) is 46.3 Å². The zero-order chi connectivity index (χ0) is 19.8. The maximum absolute atomic E-state index is 13.2. The Morgan fingerprint density at radius 1 is 1.31 bits per heavy atom. The highest BCUT2D eigenvalue weighted by atomic mass is 32.1. The van der Waals surface area contributed by atoms with Gasteiger partial charge >= 0.3 is 0 Å². The van der Waals surface area contributed by atoms with Crippen molar-refractivity contribution in [1.82, 2.24) is 9.88 Å².